The van der Waals surface area contributed by atoms with Gasteiger partial charge in [-0.15, -0.1) is 0 Å². The van der Waals surface area contributed by atoms with Crippen LogP contribution < -0.4 is 10.5 Å². The highest BCUT2D eigenvalue weighted by atomic mass is 35.5. The van der Waals surface area contributed by atoms with E-state index in [4.69, 9.17) is 22.1 Å². The zero-order valence-electron chi connectivity index (χ0n) is 11.3. The van der Waals surface area contributed by atoms with E-state index < -0.39 is 0 Å². The Kier molecular flexibility index (Phi) is 4.12. The number of halogens is 1. The minimum Gasteiger partial charge on any atom is -0.495 e. The summed E-state index contributed by atoms with van der Waals surface area (Å²) in [6.07, 6.45) is 0. The Morgan fingerprint density at radius 1 is 1.42 bits per heavy atom. The third-order valence-electron chi connectivity index (χ3n) is 2.97. The molecule has 0 saturated carbocycles. The predicted octanol–water partition coefficient (Wildman–Crippen LogP) is 3.32. The fraction of sp³-hybridized carbons (Fsp3) is 0.357. The quantitative estimate of drug-likeness (QED) is 0.902. The fourth-order valence-electron chi connectivity index (χ4n) is 1.90. The van der Waals surface area contributed by atoms with Crippen LogP contribution in [0.4, 0.5) is 0 Å². The summed E-state index contributed by atoms with van der Waals surface area (Å²) in [7, 11) is 1.59. The van der Waals surface area contributed by atoms with Gasteiger partial charge in [0.05, 0.1) is 23.5 Å². The molecule has 1 heterocycles. The minimum absolute atomic E-state index is 0.327. The molecule has 0 atom stereocenters. The van der Waals surface area contributed by atoms with E-state index in [1.54, 1.807) is 7.11 Å². The zero-order valence-corrected chi connectivity index (χ0v) is 12.1. The Bertz CT molecular complexity index is 578. The van der Waals surface area contributed by atoms with Gasteiger partial charge >= 0.3 is 0 Å². The van der Waals surface area contributed by atoms with Crippen molar-refractivity contribution in [1.82, 2.24) is 9.97 Å². The van der Waals surface area contributed by atoms with E-state index in [1.807, 2.05) is 18.2 Å². The molecule has 102 valence electrons. The summed E-state index contributed by atoms with van der Waals surface area (Å²) in [5, 5.41) is 0.567. The van der Waals surface area contributed by atoms with Gasteiger partial charge in [-0.1, -0.05) is 25.4 Å². The molecule has 0 aliphatic heterocycles. The first-order valence-electron chi connectivity index (χ1n) is 6.19. The summed E-state index contributed by atoms with van der Waals surface area (Å²) in [5.74, 6) is 1.91. The van der Waals surface area contributed by atoms with Crippen LogP contribution in [0.5, 0.6) is 5.75 Å². The van der Waals surface area contributed by atoms with Gasteiger partial charge in [-0.2, -0.15) is 0 Å². The molecule has 4 nitrogen and oxygen atoms in total. The SMILES string of the molecule is COc1ccc(-c2nc(C(C)C)[nH]c2CN)cc1Cl. The van der Waals surface area contributed by atoms with Gasteiger partial charge in [0.1, 0.15) is 11.6 Å². The summed E-state index contributed by atoms with van der Waals surface area (Å²) >= 11 is 6.15. The highest BCUT2D eigenvalue weighted by molar-refractivity contribution is 6.32. The standard InChI is InChI=1S/C14H18ClN3O/c1-8(2)14-17-11(7-16)13(18-14)9-4-5-12(19-3)10(15)6-9/h4-6,8H,7,16H2,1-3H3,(H,17,18). The number of ether oxygens (including phenoxy) is 1. The third-order valence-corrected chi connectivity index (χ3v) is 3.27. The predicted molar refractivity (Wildman–Crippen MR) is 77.6 cm³/mol. The molecule has 2 rings (SSSR count). The van der Waals surface area contributed by atoms with Gasteiger partial charge in [0, 0.05) is 18.0 Å². The Hall–Kier alpha value is -1.52. The van der Waals surface area contributed by atoms with Crippen LogP contribution >= 0.6 is 11.6 Å². The monoisotopic (exact) mass is 279 g/mol. The molecule has 0 bridgehead atoms. The van der Waals surface area contributed by atoms with Gasteiger partial charge < -0.3 is 15.5 Å². The number of nitrogens with one attached hydrogen (secondary N) is 1. The van der Waals surface area contributed by atoms with Gasteiger partial charge in [0.15, 0.2) is 0 Å². The topological polar surface area (TPSA) is 63.9 Å². The lowest BCUT2D eigenvalue weighted by Gasteiger charge is -2.05. The summed E-state index contributed by atoms with van der Waals surface area (Å²) in [5.41, 5.74) is 8.48. The molecule has 0 aliphatic rings. The molecule has 0 fully saturated rings. The molecular weight excluding hydrogens is 262 g/mol. The third kappa shape index (κ3) is 2.74. The van der Waals surface area contributed by atoms with Crippen molar-refractivity contribution in [3.05, 3.63) is 34.7 Å². The largest absolute Gasteiger partial charge is 0.495 e. The van der Waals surface area contributed by atoms with Crippen LogP contribution in [0.2, 0.25) is 5.02 Å². The molecule has 0 aliphatic carbocycles. The molecular formula is C14H18ClN3O. The van der Waals surface area contributed by atoms with Gasteiger partial charge in [-0.3, -0.25) is 0 Å². The lowest BCUT2D eigenvalue weighted by molar-refractivity contribution is 0.415. The average molecular weight is 280 g/mol. The van der Waals surface area contributed by atoms with E-state index in [2.05, 4.69) is 23.8 Å². The van der Waals surface area contributed by atoms with Gasteiger partial charge in [-0.25, -0.2) is 4.98 Å². The molecule has 0 saturated heterocycles. The van der Waals surface area contributed by atoms with Crippen LogP contribution in [0, 0.1) is 0 Å². The molecule has 5 heteroatoms. The summed E-state index contributed by atoms with van der Waals surface area (Å²) in [6.45, 7) is 4.59. The second kappa shape index (κ2) is 5.63. The van der Waals surface area contributed by atoms with E-state index >= 15 is 0 Å². The number of aromatic amines is 1. The zero-order chi connectivity index (χ0) is 14.0. The summed E-state index contributed by atoms with van der Waals surface area (Å²) in [4.78, 5) is 7.88. The minimum atomic E-state index is 0.327. The van der Waals surface area contributed by atoms with Gasteiger partial charge in [0.2, 0.25) is 0 Å². The highest BCUT2D eigenvalue weighted by Gasteiger charge is 2.14. The maximum absolute atomic E-state index is 6.15. The van der Waals surface area contributed by atoms with Crippen molar-refractivity contribution in [1.29, 1.82) is 0 Å². The number of hydrogen-bond donors (Lipinski definition) is 2. The number of aromatic nitrogens is 2. The number of nitrogens with two attached hydrogens (primary N) is 1. The Morgan fingerprint density at radius 3 is 2.68 bits per heavy atom. The number of methoxy groups -OCH3 is 1. The van der Waals surface area contributed by atoms with Gasteiger partial charge in [-0.05, 0) is 18.2 Å². The van der Waals surface area contributed by atoms with E-state index in [0.717, 1.165) is 22.8 Å². The number of hydrogen-bond acceptors (Lipinski definition) is 3. The van der Waals surface area contributed by atoms with Crippen molar-refractivity contribution in [2.24, 2.45) is 5.73 Å². The van der Waals surface area contributed by atoms with Crippen LogP contribution in [0.1, 0.15) is 31.3 Å². The fourth-order valence-corrected chi connectivity index (χ4v) is 2.16. The maximum atomic E-state index is 6.15. The normalized spacial score (nSPS) is 11.1. The van der Waals surface area contributed by atoms with Crippen molar-refractivity contribution in [3.8, 4) is 17.0 Å². The molecule has 0 unspecified atom stereocenters. The molecule has 0 radical (unpaired) electrons. The highest BCUT2D eigenvalue weighted by Crippen LogP contribution is 2.31. The second-order valence-electron chi connectivity index (χ2n) is 4.66. The first kappa shape index (κ1) is 13.9. The van der Waals surface area contributed by atoms with Crippen molar-refractivity contribution in [3.63, 3.8) is 0 Å². The van der Waals surface area contributed by atoms with Crippen molar-refractivity contribution in [2.45, 2.75) is 26.3 Å². The maximum Gasteiger partial charge on any atom is 0.137 e. The first-order chi connectivity index (χ1) is 9.06. The van der Waals surface area contributed by atoms with Crippen molar-refractivity contribution < 1.29 is 4.74 Å². The van der Waals surface area contributed by atoms with Crippen molar-refractivity contribution in [2.75, 3.05) is 7.11 Å². The van der Waals surface area contributed by atoms with E-state index in [0.29, 0.717) is 23.2 Å². The molecule has 3 N–H and O–H groups in total. The number of benzene rings is 1. The average Bonchev–Trinajstić information content (AvgIpc) is 2.82. The molecule has 2 aromatic rings. The van der Waals surface area contributed by atoms with Crippen LogP contribution in [-0.2, 0) is 6.54 Å². The van der Waals surface area contributed by atoms with Gasteiger partial charge in [0.25, 0.3) is 0 Å². The Morgan fingerprint density at radius 2 is 2.16 bits per heavy atom. The Balaban J connectivity index is 2.48. The van der Waals surface area contributed by atoms with E-state index in [-0.39, 0.29) is 0 Å². The summed E-state index contributed by atoms with van der Waals surface area (Å²) in [6, 6.07) is 5.62. The molecule has 0 spiro atoms. The molecule has 0 amide bonds. The lowest BCUT2D eigenvalue weighted by Crippen LogP contribution is -1.99. The van der Waals surface area contributed by atoms with E-state index in [9.17, 15) is 0 Å². The van der Waals surface area contributed by atoms with Crippen molar-refractivity contribution >= 4 is 11.6 Å². The van der Waals surface area contributed by atoms with E-state index in [1.165, 1.54) is 0 Å². The number of rotatable bonds is 4. The van der Waals surface area contributed by atoms with Crippen LogP contribution in [0.15, 0.2) is 18.2 Å². The molecule has 1 aromatic carbocycles. The first-order valence-corrected chi connectivity index (χ1v) is 6.57. The number of nitrogens with zero attached hydrogens (tertiary/aromatic N) is 1. The smallest absolute Gasteiger partial charge is 0.137 e. The second-order valence-corrected chi connectivity index (χ2v) is 5.06. The summed E-state index contributed by atoms with van der Waals surface area (Å²) < 4.78 is 5.15. The van der Waals surface area contributed by atoms with Crippen LogP contribution in [-0.4, -0.2) is 17.1 Å². The lowest BCUT2D eigenvalue weighted by atomic mass is 10.1. The van der Waals surface area contributed by atoms with Crippen LogP contribution in [0.25, 0.3) is 11.3 Å². The molecule has 19 heavy (non-hydrogen) atoms. The number of imidazole rings is 1. The van der Waals surface area contributed by atoms with Crippen LogP contribution in [0.3, 0.4) is 0 Å². The Labute approximate surface area is 117 Å². The molecule has 1 aromatic heterocycles. The number of H-pyrrole nitrogens is 1.